The van der Waals surface area contributed by atoms with Crippen LogP contribution < -0.4 is 24.8 Å². The highest BCUT2D eigenvalue weighted by Gasteiger charge is 2.15. The van der Waals surface area contributed by atoms with Crippen LogP contribution in [-0.2, 0) is 9.47 Å². The molecule has 0 unspecified atom stereocenters. The van der Waals surface area contributed by atoms with Gasteiger partial charge in [0.05, 0.1) is 79.1 Å². The molecule has 3 N–H and O–H groups in total. The Labute approximate surface area is 408 Å². The second kappa shape index (κ2) is 24.3. The molecule has 63 heavy (non-hydrogen) atoms. The van der Waals surface area contributed by atoms with Crippen LogP contribution >= 0.6 is 39.1 Å². The van der Waals surface area contributed by atoms with E-state index < -0.39 is 74.8 Å². The topological polar surface area (TPSA) is 148 Å². The Morgan fingerprint density at radius 1 is 0.714 bits per heavy atom. The molecule has 0 atom stereocenters. The third-order valence-corrected chi connectivity index (χ3v) is 9.49. The number of anilines is 4. The number of hydrogen-bond acceptors (Lipinski definition) is 14. The van der Waals surface area contributed by atoms with Crippen LogP contribution in [0.25, 0.3) is 21.8 Å². The van der Waals surface area contributed by atoms with Gasteiger partial charge in [0.25, 0.3) is 0 Å². The van der Waals surface area contributed by atoms with Crippen LogP contribution in [0.1, 0.15) is 37.4 Å². The molecule has 4 heterocycles. The maximum absolute atomic E-state index is 13.6. The summed E-state index contributed by atoms with van der Waals surface area (Å²) < 4.78 is 192. The molecule has 0 bridgehead atoms. The molecular formula is C44H49BrCl2F2N8O6. The Balaban J connectivity index is 0.000000218. The van der Waals surface area contributed by atoms with E-state index in [4.69, 9.17) is 71.6 Å². The minimum Gasteiger partial charge on any atom is -0.504 e. The minimum absolute atomic E-state index is 0.0196. The lowest BCUT2D eigenvalue weighted by molar-refractivity contribution is 0.0357. The predicted octanol–water partition coefficient (Wildman–Crippen LogP) is 9.26. The van der Waals surface area contributed by atoms with Crippen LogP contribution in [0.15, 0.2) is 73.3 Å². The first-order valence-electron chi connectivity index (χ1n) is 27.5. The van der Waals surface area contributed by atoms with E-state index in [1.165, 1.54) is 53.7 Å². The van der Waals surface area contributed by atoms with Crippen molar-refractivity contribution in [1.82, 2.24) is 29.7 Å². The summed E-state index contributed by atoms with van der Waals surface area (Å²) in [5, 5.41) is 13.8. The number of phenols is 1. The number of aromatic hydroxyl groups is 1. The summed E-state index contributed by atoms with van der Waals surface area (Å²) in [6.07, 6.45) is -3.52. The number of halogens is 5. The summed E-state index contributed by atoms with van der Waals surface area (Å²) in [5.41, 5.74) is 1.31. The largest absolute Gasteiger partial charge is 0.504 e. The summed E-state index contributed by atoms with van der Waals surface area (Å²) in [6, 6.07) is 12.7. The van der Waals surface area contributed by atoms with Crippen LogP contribution in [0.2, 0.25) is 10.0 Å². The molecule has 4 aromatic carbocycles. The summed E-state index contributed by atoms with van der Waals surface area (Å²) in [5.74, 6) is -2.40. The van der Waals surface area contributed by atoms with Gasteiger partial charge in [-0.1, -0.05) is 39.1 Å². The number of phenolic OH excluding ortho intramolecular Hbond substituents is 1. The number of ether oxygens (including phenoxy) is 5. The van der Waals surface area contributed by atoms with Gasteiger partial charge in [0, 0.05) is 85.9 Å². The van der Waals surface area contributed by atoms with E-state index in [1.807, 2.05) is 0 Å². The molecule has 19 heteroatoms. The number of nitrogens with one attached hydrogen (secondary N) is 2. The second-order valence-corrected chi connectivity index (χ2v) is 14.0. The standard InChI is InChI=1S/C22H24ClFN4O3.C15H11ClFN3O2.C7H14BrNO/c1-29-20-13-19-16(12-21(20)31-8-2-5-28-6-9-30-10-7-28)22(26-14-25-19)27-15-3-4-18(24)17(23)11-15;1-22-14-6-12-9(5-13(14)21)15(19-7-18-12)20-8-2-3-11(17)10(16)4-8;8-2-1-3-9-4-6-10-7-5-9/h3-4,11-14H,2,5-10H2,1H3,(H,25,26,27);2-7,21H,1H3,(H,18,19,20);1-7H2/i1D3,2D2,5D2,8D2;1D3;1D2,2D2,3D2. The molecule has 2 aromatic heterocycles. The van der Waals surface area contributed by atoms with E-state index in [0.29, 0.717) is 41.3 Å². The molecule has 2 aliphatic rings. The number of aromatic nitrogens is 4. The van der Waals surface area contributed by atoms with E-state index in [1.54, 1.807) is 0 Å². The summed E-state index contributed by atoms with van der Waals surface area (Å²) in [7, 11) is -5.71. The van der Waals surface area contributed by atoms with Crippen LogP contribution in [0.5, 0.6) is 23.0 Å². The van der Waals surface area contributed by atoms with Crippen molar-refractivity contribution in [3.05, 3.63) is 95.0 Å². The van der Waals surface area contributed by atoms with Crippen molar-refractivity contribution in [2.45, 2.75) is 12.7 Å². The SMILES string of the molecule is [2H]C([2H])(Br)C([2H])([2H])C([2H])([2H])N1CCOCC1.[2H]C([2H])([2H])Oc1cc2ncnc(Nc3ccc(F)c(Cl)c3)c2cc1O.[2H]C([2H])([2H])Oc1cc2ncnc(Nc3ccc(F)c(Cl)c3)c2cc1OC([2H])([2H])C([2H])([2H])C([2H])([2H])N1CCOCC1. The Hall–Kier alpha value is -4.88. The molecule has 0 spiro atoms. The first-order chi connectivity index (χ1) is 37.3. The number of benzene rings is 4. The first kappa shape index (κ1) is 28.8. The number of nitrogens with zero attached hydrogens (tertiary/aromatic N) is 6. The van der Waals surface area contributed by atoms with Crippen LogP contribution in [0, 0.1) is 11.6 Å². The lowest BCUT2D eigenvalue weighted by Crippen LogP contribution is -2.37. The molecule has 14 nitrogen and oxygen atoms in total. The maximum atomic E-state index is 13.6. The Morgan fingerprint density at radius 2 is 1.22 bits per heavy atom. The van der Waals surface area contributed by atoms with Gasteiger partial charge in [0.2, 0.25) is 0 Å². The van der Waals surface area contributed by atoms with E-state index in [9.17, 15) is 13.9 Å². The normalized spacial score (nSPS) is 20.3. The molecular weight excluding hydrogens is 925 g/mol. The minimum atomic E-state index is -3.34. The lowest BCUT2D eigenvalue weighted by Gasteiger charge is -2.26. The molecule has 2 fully saturated rings. The van der Waals surface area contributed by atoms with Crippen molar-refractivity contribution in [3.63, 3.8) is 0 Å². The van der Waals surface area contributed by atoms with Crippen LogP contribution in [0.4, 0.5) is 31.8 Å². The summed E-state index contributed by atoms with van der Waals surface area (Å²) in [6.45, 7) is -7.08. The van der Waals surface area contributed by atoms with Gasteiger partial charge in [-0.15, -0.1) is 0 Å². The summed E-state index contributed by atoms with van der Waals surface area (Å²) in [4.78, 5) is 18.7. The average Bonchev–Trinajstić information content (AvgIpc) is 3.51. The molecule has 2 aliphatic heterocycles. The van der Waals surface area contributed by atoms with Crippen LogP contribution in [0.3, 0.4) is 0 Å². The Kier molecular flexibility index (Phi) is 11.1. The fraction of sp³-hybridized carbons (Fsp3) is 0.364. The zero-order valence-corrected chi connectivity index (χ0v) is 35.7. The van der Waals surface area contributed by atoms with E-state index >= 15 is 0 Å². The van der Waals surface area contributed by atoms with Gasteiger partial charge in [0.15, 0.2) is 23.0 Å². The molecule has 0 amide bonds. The highest BCUT2D eigenvalue weighted by Crippen LogP contribution is 2.36. The Morgan fingerprint density at radius 3 is 1.75 bits per heavy atom. The van der Waals surface area contributed by atoms with E-state index in [2.05, 4.69) is 46.5 Å². The fourth-order valence-corrected chi connectivity index (χ4v) is 6.08. The summed E-state index contributed by atoms with van der Waals surface area (Å²) >= 11 is 14.2. The van der Waals surface area contributed by atoms with Gasteiger partial charge in [-0.25, -0.2) is 28.7 Å². The van der Waals surface area contributed by atoms with Crippen molar-refractivity contribution in [2.75, 3.05) is 102 Å². The molecule has 0 radical (unpaired) electrons. The van der Waals surface area contributed by atoms with Crippen LogP contribution in [-0.4, -0.2) is 126 Å². The molecule has 6 aromatic rings. The van der Waals surface area contributed by atoms with Gasteiger partial charge in [-0.05, 0) is 67.8 Å². The highest BCUT2D eigenvalue weighted by atomic mass is 79.9. The molecule has 336 valence electrons. The van der Waals surface area contributed by atoms with Crippen molar-refractivity contribution in [1.29, 1.82) is 0 Å². The third kappa shape index (κ3) is 13.8. The van der Waals surface area contributed by atoms with Crippen molar-refractivity contribution < 1.29 is 62.2 Å². The smallest absolute Gasteiger partial charge is 0.162 e. The first-order valence-corrected chi connectivity index (χ1v) is 20.0. The number of methoxy groups -OCH3 is 2. The molecule has 0 aliphatic carbocycles. The van der Waals surface area contributed by atoms with E-state index in [-0.39, 0.29) is 77.7 Å². The molecule has 2 saturated heterocycles. The van der Waals surface area contributed by atoms with Gasteiger partial charge in [-0.2, -0.15) is 0 Å². The van der Waals surface area contributed by atoms with Crippen molar-refractivity contribution in [2.24, 2.45) is 0 Å². The maximum Gasteiger partial charge on any atom is 0.162 e. The number of rotatable bonds is 14. The Bertz CT molecular complexity index is 3180. The number of alkyl halides is 1. The monoisotopic (exact) mass is 990 g/mol. The zero-order chi connectivity index (χ0) is 60.3. The quantitative estimate of drug-likeness (QED) is 0.0891. The lowest BCUT2D eigenvalue weighted by atomic mass is 10.2. The average molecular weight is 993 g/mol. The highest BCUT2D eigenvalue weighted by molar-refractivity contribution is 9.09. The van der Waals surface area contributed by atoms with E-state index in [0.717, 1.165) is 29.4 Å². The molecule has 8 rings (SSSR count). The van der Waals surface area contributed by atoms with Gasteiger partial charge in [-0.3, -0.25) is 9.80 Å². The van der Waals surface area contributed by atoms with Crippen molar-refractivity contribution in [3.8, 4) is 23.0 Å². The third-order valence-electron chi connectivity index (χ3n) is 8.71. The molecule has 0 saturated carbocycles. The van der Waals surface area contributed by atoms with Gasteiger partial charge in [0.1, 0.15) is 35.9 Å². The predicted molar refractivity (Wildman–Crippen MR) is 246 cm³/mol. The number of morpholine rings is 2. The number of hydrogen-bond donors (Lipinski definition) is 3. The second-order valence-electron chi connectivity index (χ2n) is 12.8. The number of fused-ring (bicyclic) bond motifs is 2. The van der Waals surface area contributed by atoms with Gasteiger partial charge < -0.3 is 39.4 Å². The zero-order valence-electron chi connectivity index (χ0n) is 50.6. The van der Waals surface area contributed by atoms with Gasteiger partial charge >= 0.3 is 0 Å². The van der Waals surface area contributed by atoms with Crippen molar-refractivity contribution >= 4 is 83.9 Å². The fourth-order valence-electron chi connectivity index (χ4n) is 5.63.